The Hall–Kier alpha value is -0.890. The highest BCUT2D eigenvalue weighted by Gasteiger charge is 2.07. The van der Waals surface area contributed by atoms with Gasteiger partial charge in [0.05, 0.1) is 5.52 Å². The summed E-state index contributed by atoms with van der Waals surface area (Å²) in [6.45, 7) is 4.42. The van der Waals surface area contributed by atoms with Crippen molar-refractivity contribution in [3.63, 3.8) is 0 Å². The van der Waals surface area contributed by atoms with Gasteiger partial charge in [-0.25, -0.2) is 0 Å². The summed E-state index contributed by atoms with van der Waals surface area (Å²) in [6, 6.07) is 8.32. The highest BCUT2D eigenvalue weighted by atomic mass is 32.1. The van der Waals surface area contributed by atoms with Crippen LogP contribution in [0.4, 0.5) is 0 Å². The molecule has 12 heavy (non-hydrogen) atoms. The summed E-state index contributed by atoms with van der Waals surface area (Å²) in [7, 11) is 0. The second-order valence-corrected chi connectivity index (χ2v) is 4.02. The smallest absolute Gasteiger partial charge is 0.0843 e. The molecular weight excluding hydrogens is 166 g/mol. The van der Waals surface area contributed by atoms with Gasteiger partial charge in [-0.1, -0.05) is 32.0 Å². The van der Waals surface area contributed by atoms with Gasteiger partial charge in [0.25, 0.3) is 0 Å². The van der Waals surface area contributed by atoms with Crippen molar-refractivity contribution in [2.75, 3.05) is 0 Å². The van der Waals surface area contributed by atoms with E-state index in [-0.39, 0.29) is 0 Å². The van der Waals surface area contributed by atoms with Gasteiger partial charge < -0.3 is 0 Å². The minimum atomic E-state index is 0.586. The summed E-state index contributed by atoms with van der Waals surface area (Å²) in [5, 5.41) is 1.32. The molecule has 1 nitrogen and oxygen atoms in total. The number of aromatic nitrogens is 1. The van der Waals surface area contributed by atoms with E-state index in [0.29, 0.717) is 5.92 Å². The van der Waals surface area contributed by atoms with Gasteiger partial charge in [0.2, 0.25) is 0 Å². The molecule has 0 saturated heterocycles. The average molecular weight is 177 g/mol. The van der Waals surface area contributed by atoms with E-state index in [1.165, 1.54) is 10.3 Å². The first-order valence-corrected chi connectivity index (χ1v) is 4.90. The van der Waals surface area contributed by atoms with Crippen LogP contribution in [0.1, 0.15) is 24.6 Å². The largest absolute Gasteiger partial charge is 0.192 e. The monoisotopic (exact) mass is 177 g/mol. The maximum Gasteiger partial charge on any atom is 0.0843 e. The van der Waals surface area contributed by atoms with Gasteiger partial charge in [0.1, 0.15) is 0 Å². The van der Waals surface area contributed by atoms with E-state index in [2.05, 4.69) is 36.4 Å². The van der Waals surface area contributed by atoms with Gasteiger partial charge in [0.15, 0.2) is 0 Å². The molecule has 62 valence electrons. The SMILES string of the molecule is CC(C)c1snc2ccccc12. The van der Waals surface area contributed by atoms with Crippen LogP contribution in [0.5, 0.6) is 0 Å². The minimum Gasteiger partial charge on any atom is -0.192 e. The molecule has 0 radical (unpaired) electrons. The first-order chi connectivity index (χ1) is 5.79. The molecule has 0 unspecified atom stereocenters. The lowest BCUT2D eigenvalue weighted by molar-refractivity contribution is 0.897. The summed E-state index contributed by atoms with van der Waals surface area (Å²) in [4.78, 5) is 1.39. The lowest BCUT2D eigenvalue weighted by Gasteiger charge is -1.98. The zero-order valence-electron chi connectivity index (χ0n) is 7.24. The molecule has 0 saturated carbocycles. The van der Waals surface area contributed by atoms with Crippen molar-refractivity contribution in [2.45, 2.75) is 19.8 Å². The van der Waals surface area contributed by atoms with E-state index >= 15 is 0 Å². The Balaban J connectivity index is 2.70. The van der Waals surface area contributed by atoms with Crippen LogP contribution >= 0.6 is 11.5 Å². The van der Waals surface area contributed by atoms with E-state index in [1.807, 2.05) is 6.07 Å². The summed E-state index contributed by atoms with van der Waals surface area (Å²) in [6.07, 6.45) is 0. The first-order valence-electron chi connectivity index (χ1n) is 4.13. The van der Waals surface area contributed by atoms with Gasteiger partial charge in [0, 0.05) is 10.3 Å². The Morgan fingerprint density at radius 3 is 2.75 bits per heavy atom. The topological polar surface area (TPSA) is 12.9 Å². The maximum atomic E-state index is 4.38. The van der Waals surface area contributed by atoms with Crippen molar-refractivity contribution < 1.29 is 0 Å². The second kappa shape index (κ2) is 2.87. The molecule has 0 atom stereocenters. The van der Waals surface area contributed by atoms with Crippen LogP contribution in [0, 0.1) is 0 Å². The molecule has 2 aromatic rings. The minimum absolute atomic E-state index is 0.586. The lowest BCUT2D eigenvalue weighted by atomic mass is 10.1. The first kappa shape index (κ1) is 7.74. The van der Waals surface area contributed by atoms with E-state index in [4.69, 9.17) is 0 Å². The van der Waals surface area contributed by atoms with Crippen molar-refractivity contribution in [1.29, 1.82) is 0 Å². The van der Waals surface area contributed by atoms with Crippen LogP contribution in [0.2, 0.25) is 0 Å². The van der Waals surface area contributed by atoms with Crippen LogP contribution in [-0.4, -0.2) is 4.37 Å². The van der Waals surface area contributed by atoms with Crippen LogP contribution < -0.4 is 0 Å². The molecule has 0 N–H and O–H groups in total. The van der Waals surface area contributed by atoms with Crippen molar-refractivity contribution in [3.05, 3.63) is 29.1 Å². The quantitative estimate of drug-likeness (QED) is 0.650. The van der Waals surface area contributed by atoms with E-state index in [0.717, 1.165) is 5.52 Å². The second-order valence-electron chi connectivity index (χ2n) is 3.22. The highest BCUT2D eigenvalue weighted by molar-refractivity contribution is 7.07. The summed E-state index contributed by atoms with van der Waals surface area (Å²) in [5.74, 6) is 0.586. The molecule has 1 aromatic carbocycles. The molecule has 1 heterocycles. The van der Waals surface area contributed by atoms with E-state index < -0.39 is 0 Å². The predicted octanol–water partition coefficient (Wildman–Crippen LogP) is 3.42. The number of nitrogens with zero attached hydrogens (tertiary/aromatic N) is 1. The highest BCUT2D eigenvalue weighted by Crippen LogP contribution is 2.28. The van der Waals surface area contributed by atoms with E-state index in [9.17, 15) is 0 Å². The third-order valence-corrected chi connectivity index (χ3v) is 3.11. The zero-order chi connectivity index (χ0) is 8.55. The number of rotatable bonds is 1. The maximum absolute atomic E-state index is 4.38. The van der Waals surface area contributed by atoms with Crippen LogP contribution in [0.25, 0.3) is 10.9 Å². The fraction of sp³-hybridized carbons (Fsp3) is 0.300. The molecule has 0 aliphatic carbocycles. The molecule has 0 spiro atoms. The fourth-order valence-electron chi connectivity index (χ4n) is 1.33. The molecule has 1 aromatic heterocycles. The van der Waals surface area contributed by atoms with Gasteiger partial charge in [-0.3, -0.25) is 0 Å². The summed E-state index contributed by atoms with van der Waals surface area (Å²) >= 11 is 1.62. The molecule has 0 fully saturated rings. The van der Waals surface area contributed by atoms with Crippen LogP contribution in [-0.2, 0) is 0 Å². The van der Waals surface area contributed by atoms with Crippen molar-refractivity contribution >= 4 is 22.4 Å². The standard InChI is InChI=1S/C10H11NS/c1-7(2)10-8-5-3-4-6-9(8)11-12-10/h3-7H,1-2H3. The Kier molecular flexibility index (Phi) is 1.85. The molecule has 2 rings (SSSR count). The van der Waals surface area contributed by atoms with E-state index in [1.54, 1.807) is 11.5 Å². The molecule has 0 aliphatic rings. The molecule has 2 heteroatoms. The van der Waals surface area contributed by atoms with Crippen molar-refractivity contribution in [1.82, 2.24) is 4.37 Å². The number of hydrogen-bond acceptors (Lipinski definition) is 2. The number of hydrogen-bond donors (Lipinski definition) is 0. The number of fused-ring (bicyclic) bond motifs is 1. The van der Waals surface area contributed by atoms with Gasteiger partial charge in [-0.05, 0) is 23.5 Å². The lowest BCUT2D eigenvalue weighted by Crippen LogP contribution is -1.80. The van der Waals surface area contributed by atoms with Crippen LogP contribution in [0.3, 0.4) is 0 Å². The average Bonchev–Trinajstić information content (AvgIpc) is 2.47. The van der Waals surface area contributed by atoms with Gasteiger partial charge >= 0.3 is 0 Å². The van der Waals surface area contributed by atoms with Crippen molar-refractivity contribution in [3.8, 4) is 0 Å². The molecular formula is C10H11NS. The van der Waals surface area contributed by atoms with Crippen LogP contribution in [0.15, 0.2) is 24.3 Å². The van der Waals surface area contributed by atoms with Gasteiger partial charge in [-0.15, -0.1) is 0 Å². The molecule has 0 bridgehead atoms. The molecule has 0 aliphatic heterocycles. The Bertz CT molecular complexity index is 389. The van der Waals surface area contributed by atoms with Crippen molar-refractivity contribution in [2.24, 2.45) is 0 Å². The zero-order valence-corrected chi connectivity index (χ0v) is 8.06. The third-order valence-electron chi connectivity index (χ3n) is 1.94. The summed E-state index contributed by atoms with van der Waals surface area (Å²) < 4.78 is 4.38. The third kappa shape index (κ3) is 1.12. The molecule has 0 amide bonds. The predicted molar refractivity (Wildman–Crippen MR) is 53.7 cm³/mol. The fourth-order valence-corrected chi connectivity index (χ4v) is 2.16. The summed E-state index contributed by atoms with van der Waals surface area (Å²) in [5.41, 5.74) is 1.13. The van der Waals surface area contributed by atoms with Gasteiger partial charge in [-0.2, -0.15) is 4.37 Å². The Morgan fingerprint density at radius 2 is 2.00 bits per heavy atom. The number of benzene rings is 1. The Labute approximate surface area is 76.2 Å². The Morgan fingerprint density at radius 1 is 1.25 bits per heavy atom. The normalized spacial score (nSPS) is 11.2.